The van der Waals surface area contributed by atoms with E-state index in [9.17, 15) is 4.79 Å². The molecule has 76 valence electrons. The number of amides is 1. The smallest absolute Gasteiger partial charge is 0.251 e. The number of nitrogens with one attached hydrogen (secondary N) is 1. The largest absolute Gasteiger partial charge is 0.394 e. The summed E-state index contributed by atoms with van der Waals surface area (Å²) in [5, 5.41) is 11.7. The second-order valence-electron chi connectivity index (χ2n) is 3.13. The molecular formula is C11H15NO2. The Labute approximate surface area is 83.8 Å². The number of aliphatic hydroxyl groups is 1. The van der Waals surface area contributed by atoms with Crippen LogP contribution in [0.5, 0.6) is 0 Å². The van der Waals surface area contributed by atoms with Crippen molar-refractivity contribution >= 4 is 5.91 Å². The highest BCUT2D eigenvalue weighted by Crippen LogP contribution is 1.99. The summed E-state index contributed by atoms with van der Waals surface area (Å²) in [6.07, 6.45) is 0.731. The molecule has 0 saturated carbocycles. The predicted octanol–water partition coefficient (Wildman–Crippen LogP) is 1.19. The molecule has 1 aromatic carbocycles. The number of carbonyl (C=O) groups is 1. The lowest BCUT2D eigenvalue weighted by Crippen LogP contribution is -2.36. The van der Waals surface area contributed by atoms with Crippen molar-refractivity contribution < 1.29 is 9.90 Å². The zero-order valence-corrected chi connectivity index (χ0v) is 8.23. The van der Waals surface area contributed by atoms with Crippen LogP contribution in [0, 0.1) is 0 Å². The molecule has 0 saturated heterocycles. The van der Waals surface area contributed by atoms with E-state index in [0.717, 1.165) is 6.42 Å². The molecule has 1 aromatic rings. The number of carbonyl (C=O) groups excluding carboxylic acids is 1. The van der Waals surface area contributed by atoms with Crippen molar-refractivity contribution in [2.24, 2.45) is 0 Å². The summed E-state index contributed by atoms with van der Waals surface area (Å²) in [4.78, 5) is 11.6. The molecule has 0 aromatic heterocycles. The van der Waals surface area contributed by atoms with E-state index in [2.05, 4.69) is 5.32 Å². The molecule has 14 heavy (non-hydrogen) atoms. The van der Waals surface area contributed by atoms with E-state index in [-0.39, 0.29) is 18.6 Å². The van der Waals surface area contributed by atoms with Gasteiger partial charge in [0.1, 0.15) is 0 Å². The standard InChI is InChI=1S/C11H15NO2/c1-2-10(8-13)12-11(14)9-6-4-3-5-7-9/h3-7,10,13H,2,8H2,1H3,(H,12,14)/t10-/m0/s1. The monoisotopic (exact) mass is 193 g/mol. The summed E-state index contributed by atoms with van der Waals surface area (Å²) in [5.41, 5.74) is 0.624. The molecule has 0 bridgehead atoms. The van der Waals surface area contributed by atoms with Crippen LogP contribution in [-0.4, -0.2) is 23.7 Å². The maximum Gasteiger partial charge on any atom is 0.251 e. The Hall–Kier alpha value is -1.35. The van der Waals surface area contributed by atoms with Crippen molar-refractivity contribution in [3.8, 4) is 0 Å². The molecule has 0 fully saturated rings. The fourth-order valence-corrected chi connectivity index (χ4v) is 1.14. The van der Waals surface area contributed by atoms with Crippen LogP contribution in [0.25, 0.3) is 0 Å². The molecule has 0 unspecified atom stereocenters. The zero-order valence-electron chi connectivity index (χ0n) is 8.23. The average molecular weight is 193 g/mol. The van der Waals surface area contributed by atoms with Gasteiger partial charge in [-0.05, 0) is 18.6 Å². The van der Waals surface area contributed by atoms with Gasteiger partial charge < -0.3 is 10.4 Å². The van der Waals surface area contributed by atoms with E-state index in [0.29, 0.717) is 5.56 Å². The van der Waals surface area contributed by atoms with Gasteiger partial charge in [0.2, 0.25) is 0 Å². The summed E-state index contributed by atoms with van der Waals surface area (Å²) in [7, 11) is 0. The number of hydrogen-bond acceptors (Lipinski definition) is 2. The molecule has 1 amide bonds. The average Bonchev–Trinajstić information content (AvgIpc) is 2.26. The van der Waals surface area contributed by atoms with Crippen molar-refractivity contribution in [3.05, 3.63) is 35.9 Å². The van der Waals surface area contributed by atoms with Crippen molar-refractivity contribution in [2.45, 2.75) is 19.4 Å². The van der Waals surface area contributed by atoms with Crippen LogP contribution < -0.4 is 5.32 Å². The van der Waals surface area contributed by atoms with Crippen LogP contribution >= 0.6 is 0 Å². The first-order chi connectivity index (χ1) is 6.77. The molecule has 0 spiro atoms. The fourth-order valence-electron chi connectivity index (χ4n) is 1.14. The molecule has 0 radical (unpaired) electrons. The van der Waals surface area contributed by atoms with Gasteiger partial charge in [-0.1, -0.05) is 25.1 Å². The molecule has 2 N–H and O–H groups in total. The predicted molar refractivity (Wildman–Crippen MR) is 55.1 cm³/mol. The summed E-state index contributed by atoms with van der Waals surface area (Å²) in [6.45, 7) is 1.90. The highest BCUT2D eigenvalue weighted by Gasteiger charge is 2.09. The van der Waals surface area contributed by atoms with E-state index >= 15 is 0 Å². The summed E-state index contributed by atoms with van der Waals surface area (Å²) < 4.78 is 0. The van der Waals surface area contributed by atoms with E-state index in [1.54, 1.807) is 12.1 Å². The molecule has 0 heterocycles. The van der Waals surface area contributed by atoms with Gasteiger partial charge in [0.05, 0.1) is 12.6 Å². The van der Waals surface area contributed by atoms with Crippen LogP contribution in [0.1, 0.15) is 23.7 Å². The topological polar surface area (TPSA) is 49.3 Å². The van der Waals surface area contributed by atoms with Crippen LogP contribution in [0.4, 0.5) is 0 Å². The van der Waals surface area contributed by atoms with Gasteiger partial charge in [-0.2, -0.15) is 0 Å². The minimum atomic E-state index is -0.150. The molecular weight excluding hydrogens is 178 g/mol. The van der Waals surface area contributed by atoms with E-state index < -0.39 is 0 Å². The first kappa shape index (κ1) is 10.7. The highest BCUT2D eigenvalue weighted by molar-refractivity contribution is 5.94. The highest BCUT2D eigenvalue weighted by atomic mass is 16.3. The van der Waals surface area contributed by atoms with Crippen LogP contribution in [-0.2, 0) is 0 Å². The van der Waals surface area contributed by atoms with Crippen molar-refractivity contribution in [2.75, 3.05) is 6.61 Å². The Morgan fingerprint density at radius 2 is 2.07 bits per heavy atom. The Bertz CT molecular complexity index is 281. The normalized spacial score (nSPS) is 12.1. The fraction of sp³-hybridized carbons (Fsp3) is 0.364. The van der Waals surface area contributed by atoms with Gasteiger partial charge in [0, 0.05) is 5.56 Å². The first-order valence-electron chi connectivity index (χ1n) is 4.74. The van der Waals surface area contributed by atoms with Crippen molar-refractivity contribution in [3.63, 3.8) is 0 Å². The van der Waals surface area contributed by atoms with Crippen molar-refractivity contribution in [1.29, 1.82) is 0 Å². The zero-order chi connectivity index (χ0) is 10.4. The van der Waals surface area contributed by atoms with Crippen LogP contribution in [0.2, 0.25) is 0 Å². The molecule has 3 heteroatoms. The van der Waals surface area contributed by atoms with Crippen molar-refractivity contribution in [1.82, 2.24) is 5.32 Å². The van der Waals surface area contributed by atoms with Gasteiger partial charge in [-0.25, -0.2) is 0 Å². The van der Waals surface area contributed by atoms with Crippen LogP contribution in [0.3, 0.4) is 0 Å². The Kier molecular flexibility index (Phi) is 4.13. The van der Waals surface area contributed by atoms with Crippen LogP contribution in [0.15, 0.2) is 30.3 Å². The lowest BCUT2D eigenvalue weighted by atomic mass is 10.2. The molecule has 0 aliphatic heterocycles. The number of hydrogen-bond donors (Lipinski definition) is 2. The summed E-state index contributed by atoms with van der Waals surface area (Å²) in [5.74, 6) is -0.133. The summed E-state index contributed by atoms with van der Waals surface area (Å²) in [6, 6.07) is 8.84. The lowest BCUT2D eigenvalue weighted by Gasteiger charge is -2.13. The minimum absolute atomic E-state index is 0.0188. The molecule has 0 aliphatic rings. The van der Waals surface area contributed by atoms with E-state index in [1.165, 1.54) is 0 Å². The van der Waals surface area contributed by atoms with Gasteiger partial charge in [-0.3, -0.25) is 4.79 Å². The maximum absolute atomic E-state index is 11.6. The molecule has 1 atom stereocenters. The first-order valence-corrected chi connectivity index (χ1v) is 4.74. The Morgan fingerprint density at radius 1 is 1.43 bits per heavy atom. The molecule has 0 aliphatic carbocycles. The third-order valence-corrected chi connectivity index (χ3v) is 2.08. The maximum atomic E-state index is 11.6. The Morgan fingerprint density at radius 3 is 2.57 bits per heavy atom. The Balaban J connectivity index is 2.59. The third kappa shape index (κ3) is 2.85. The number of benzene rings is 1. The second-order valence-corrected chi connectivity index (χ2v) is 3.13. The quantitative estimate of drug-likeness (QED) is 0.754. The molecule has 3 nitrogen and oxygen atoms in total. The van der Waals surface area contributed by atoms with Gasteiger partial charge >= 0.3 is 0 Å². The summed E-state index contributed by atoms with van der Waals surface area (Å²) >= 11 is 0. The lowest BCUT2D eigenvalue weighted by molar-refractivity contribution is 0.0915. The van der Waals surface area contributed by atoms with E-state index in [4.69, 9.17) is 5.11 Å². The van der Waals surface area contributed by atoms with E-state index in [1.807, 2.05) is 25.1 Å². The SMILES string of the molecule is CC[C@@H](CO)NC(=O)c1ccccc1. The third-order valence-electron chi connectivity index (χ3n) is 2.08. The minimum Gasteiger partial charge on any atom is -0.394 e. The van der Waals surface area contributed by atoms with Gasteiger partial charge in [0.25, 0.3) is 5.91 Å². The van der Waals surface area contributed by atoms with Gasteiger partial charge in [0.15, 0.2) is 0 Å². The van der Waals surface area contributed by atoms with Gasteiger partial charge in [-0.15, -0.1) is 0 Å². The molecule has 1 rings (SSSR count). The number of aliphatic hydroxyl groups excluding tert-OH is 1. The second kappa shape index (κ2) is 5.40. The number of rotatable bonds is 4.